The fourth-order valence-corrected chi connectivity index (χ4v) is 3.11. The van der Waals surface area contributed by atoms with E-state index in [0.717, 1.165) is 17.0 Å². The maximum atomic E-state index is 13.0. The van der Waals surface area contributed by atoms with Crippen molar-refractivity contribution in [1.82, 2.24) is 9.55 Å². The van der Waals surface area contributed by atoms with Gasteiger partial charge in [-0.2, -0.15) is 13.2 Å². The average Bonchev–Trinajstić information content (AvgIpc) is 3.00. The van der Waals surface area contributed by atoms with E-state index in [0.29, 0.717) is 36.5 Å². The van der Waals surface area contributed by atoms with Gasteiger partial charge in [-0.15, -0.1) is 0 Å². The van der Waals surface area contributed by atoms with E-state index < -0.39 is 16.8 Å². The van der Waals surface area contributed by atoms with E-state index in [2.05, 4.69) is 10.3 Å². The van der Waals surface area contributed by atoms with Crippen LogP contribution in [0.1, 0.15) is 23.4 Å². The molecule has 0 unspecified atom stereocenters. The molecule has 28 heavy (non-hydrogen) atoms. The number of nitrogens with one attached hydrogen (secondary N) is 1. The van der Waals surface area contributed by atoms with Crippen LogP contribution in [0.5, 0.6) is 0 Å². The fraction of sp³-hybridized carbons (Fsp3) is 0.316. The molecular weight excluding hydrogens is 373 g/mol. The molecular formula is C19H19F3N4O2. The molecule has 9 heteroatoms. The molecule has 1 aromatic carbocycles. The summed E-state index contributed by atoms with van der Waals surface area (Å²) in [6.07, 6.45) is -4.01. The average molecular weight is 392 g/mol. The highest BCUT2D eigenvalue weighted by Gasteiger charge is 2.33. The second-order valence-electron chi connectivity index (χ2n) is 6.51. The first-order valence-electron chi connectivity index (χ1n) is 8.70. The first-order valence-corrected chi connectivity index (χ1v) is 8.70. The first kappa shape index (κ1) is 19.7. The summed E-state index contributed by atoms with van der Waals surface area (Å²) in [5.74, 6) is -0.00325. The summed E-state index contributed by atoms with van der Waals surface area (Å²) < 4.78 is 40.5. The highest BCUT2D eigenvalue weighted by Crippen LogP contribution is 2.31. The maximum absolute atomic E-state index is 13.0. The molecule has 0 aliphatic carbocycles. The lowest BCUT2D eigenvalue weighted by molar-refractivity contribution is -0.391. The van der Waals surface area contributed by atoms with Crippen LogP contribution in [0.15, 0.2) is 36.4 Å². The number of fused-ring (bicyclic) bond motifs is 1. The summed E-state index contributed by atoms with van der Waals surface area (Å²) >= 11 is 0. The monoisotopic (exact) mass is 392 g/mol. The van der Waals surface area contributed by atoms with Gasteiger partial charge in [0.15, 0.2) is 0 Å². The highest BCUT2D eigenvalue weighted by molar-refractivity contribution is 5.83. The Morgan fingerprint density at radius 1 is 1.21 bits per heavy atom. The van der Waals surface area contributed by atoms with Gasteiger partial charge in [0.25, 0.3) is 0 Å². The summed E-state index contributed by atoms with van der Waals surface area (Å²) in [6.45, 7) is 3.97. The van der Waals surface area contributed by atoms with Crippen molar-refractivity contribution in [1.29, 1.82) is 0 Å². The van der Waals surface area contributed by atoms with Crippen molar-refractivity contribution in [3.8, 4) is 0 Å². The Bertz CT molecular complexity index is 1030. The smallest absolute Gasteiger partial charge is 0.385 e. The number of benzene rings is 1. The van der Waals surface area contributed by atoms with E-state index in [-0.39, 0.29) is 5.82 Å². The van der Waals surface area contributed by atoms with E-state index in [1.54, 1.807) is 17.6 Å². The van der Waals surface area contributed by atoms with Crippen molar-refractivity contribution < 1.29 is 18.1 Å². The zero-order valence-corrected chi connectivity index (χ0v) is 15.4. The Morgan fingerprint density at radius 3 is 2.61 bits per heavy atom. The fourth-order valence-electron chi connectivity index (χ4n) is 3.11. The quantitative estimate of drug-likeness (QED) is 0.361. The molecule has 6 nitrogen and oxygen atoms in total. The Morgan fingerprint density at radius 2 is 1.93 bits per heavy atom. The lowest BCUT2D eigenvalue weighted by Crippen LogP contribution is -2.13. The lowest BCUT2D eigenvalue weighted by atomic mass is 10.1. The van der Waals surface area contributed by atoms with Crippen LogP contribution in [0.3, 0.4) is 0 Å². The Labute approximate surface area is 159 Å². The number of aryl methyl sites for hydroxylation is 2. The molecule has 0 bridgehead atoms. The van der Waals surface area contributed by atoms with E-state index in [4.69, 9.17) is 0 Å². The number of alkyl halides is 3. The third kappa shape index (κ3) is 3.92. The van der Waals surface area contributed by atoms with Crippen molar-refractivity contribution >= 4 is 22.4 Å². The molecule has 0 aliphatic heterocycles. The van der Waals surface area contributed by atoms with E-state index in [1.807, 2.05) is 18.2 Å². The van der Waals surface area contributed by atoms with E-state index >= 15 is 0 Å². The molecule has 0 fully saturated rings. The molecule has 0 radical (unpaired) electrons. The van der Waals surface area contributed by atoms with Crippen LogP contribution in [0.25, 0.3) is 10.9 Å². The van der Waals surface area contributed by atoms with Crippen LogP contribution in [0.2, 0.25) is 0 Å². The summed E-state index contributed by atoms with van der Waals surface area (Å²) in [4.78, 5) is 14.5. The molecule has 148 valence electrons. The number of nitro groups is 1. The predicted octanol–water partition coefficient (Wildman–Crippen LogP) is 5.08. The zero-order chi connectivity index (χ0) is 20.5. The number of para-hydroxylation sites is 1. The van der Waals surface area contributed by atoms with Crippen LogP contribution in [0, 0.1) is 24.0 Å². The molecule has 0 spiro atoms. The summed E-state index contributed by atoms with van der Waals surface area (Å²) in [7, 11) is 0. The van der Waals surface area contributed by atoms with Gasteiger partial charge >= 0.3 is 12.0 Å². The molecule has 3 rings (SSSR count). The maximum Gasteiger partial charge on any atom is 0.433 e. The normalized spacial score (nSPS) is 11.8. The van der Waals surface area contributed by atoms with Crippen LogP contribution < -0.4 is 5.32 Å². The standard InChI is InChI=1S/C19H19F3N4O2/c1-12-13(2)24-17(19(20,21)22)11-15(12)23-8-5-9-25-16-7-4-3-6-14(16)10-18(25)26(27)28/h3-4,6-7,10-11H,5,8-9H2,1-2H3,(H,23,24). The second kappa shape index (κ2) is 7.49. The van der Waals surface area contributed by atoms with Crippen LogP contribution in [0.4, 0.5) is 24.7 Å². The minimum Gasteiger partial charge on any atom is -0.385 e. The predicted molar refractivity (Wildman–Crippen MR) is 100 cm³/mol. The number of hydrogen-bond acceptors (Lipinski definition) is 4. The molecule has 1 N–H and O–H groups in total. The number of halogens is 3. The molecule has 0 amide bonds. The largest absolute Gasteiger partial charge is 0.433 e. The minimum absolute atomic E-state index is 0.00325. The van der Waals surface area contributed by atoms with Gasteiger partial charge < -0.3 is 15.4 Å². The minimum atomic E-state index is -4.51. The first-order chi connectivity index (χ1) is 13.2. The van der Waals surface area contributed by atoms with Crippen LogP contribution >= 0.6 is 0 Å². The Hall–Kier alpha value is -3.10. The summed E-state index contributed by atoms with van der Waals surface area (Å²) in [5.41, 5.74) is 1.14. The number of aromatic nitrogens is 2. The van der Waals surface area contributed by atoms with Gasteiger partial charge in [-0.25, -0.2) is 9.55 Å². The van der Waals surface area contributed by atoms with Crippen LogP contribution in [-0.4, -0.2) is 21.0 Å². The topological polar surface area (TPSA) is 73.0 Å². The van der Waals surface area contributed by atoms with Gasteiger partial charge in [0, 0.05) is 35.8 Å². The highest BCUT2D eigenvalue weighted by atomic mass is 19.4. The number of nitrogens with zero attached hydrogens (tertiary/aromatic N) is 3. The number of hydrogen-bond donors (Lipinski definition) is 1. The molecule has 0 aliphatic rings. The second-order valence-corrected chi connectivity index (χ2v) is 6.51. The lowest BCUT2D eigenvalue weighted by Gasteiger charge is -2.14. The molecule has 0 atom stereocenters. The Kier molecular flexibility index (Phi) is 5.26. The third-order valence-electron chi connectivity index (χ3n) is 4.66. The van der Waals surface area contributed by atoms with Crippen molar-refractivity contribution in [2.45, 2.75) is 33.0 Å². The van der Waals surface area contributed by atoms with Gasteiger partial charge in [-0.1, -0.05) is 18.2 Å². The van der Waals surface area contributed by atoms with E-state index in [9.17, 15) is 23.3 Å². The van der Waals surface area contributed by atoms with E-state index in [1.165, 1.54) is 13.0 Å². The third-order valence-corrected chi connectivity index (χ3v) is 4.66. The van der Waals surface area contributed by atoms with Crippen molar-refractivity contribution in [2.75, 3.05) is 11.9 Å². The van der Waals surface area contributed by atoms with Gasteiger partial charge in [0.2, 0.25) is 0 Å². The zero-order valence-electron chi connectivity index (χ0n) is 15.4. The number of pyridine rings is 1. The van der Waals surface area contributed by atoms with Gasteiger partial charge in [0.1, 0.15) is 11.2 Å². The van der Waals surface area contributed by atoms with Crippen LogP contribution in [-0.2, 0) is 12.7 Å². The molecule has 2 aromatic heterocycles. The van der Waals surface area contributed by atoms with Gasteiger partial charge in [0.05, 0.1) is 6.54 Å². The van der Waals surface area contributed by atoms with Crippen molar-refractivity contribution in [3.63, 3.8) is 0 Å². The molecule has 0 saturated carbocycles. The molecule has 3 aromatic rings. The number of rotatable bonds is 6. The van der Waals surface area contributed by atoms with Gasteiger partial charge in [-0.3, -0.25) is 0 Å². The van der Waals surface area contributed by atoms with Crippen molar-refractivity contribution in [2.24, 2.45) is 0 Å². The molecule has 0 saturated heterocycles. The summed E-state index contributed by atoms with van der Waals surface area (Å²) in [6, 6.07) is 9.75. The number of anilines is 1. The molecule has 2 heterocycles. The Balaban J connectivity index is 1.74. The SMILES string of the molecule is Cc1nc(C(F)(F)F)cc(NCCCn2c([N+](=O)[O-])cc3ccccc32)c1C. The van der Waals surface area contributed by atoms with Crippen molar-refractivity contribution in [3.05, 3.63) is 63.5 Å². The van der Waals surface area contributed by atoms with Gasteiger partial charge in [-0.05, 0) is 36.5 Å². The summed E-state index contributed by atoms with van der Waals surface area (Å²) in [5, 5.41) is 15.1.